The van der Waals surface area contributed by atoms with Crippen molar-refractivity contribution < 1.29 is 9.53 Å². The molecule has 0 saturated heterocycles. The average Bonchev–Trinajstić information content (AvgIpc) is 2.56. The fourth-order valence-corrected chi connectivity index (χ4v) is 2.12. The van der Waals surface area contributed by atoms with Crippen LogP contribution < -0.4 is 15.6 Å². The van der Waals surface area contributed by atoms with Crippen LogP contribution in [-0.2, 0) is 11.3 Å². The molecule has 2 aromatic rings. The second kappa shape index (κ2) is 8.29. The molecule has 0 bridgehead atoms. The average molecular weight is 329 g/mol. The molecule has 6 nitrogen and oxygen atoms in total. The van der Waals surface area contributed by atoms with Gasteiger partial charge in [0.15, 0.2) is 0 Å². The summed E-state index contributed by atoms with van der Waals surface area (Å²) in [6.45, 7) is 7.12. The number of hydrogen-bond donors (Lipinski definition) is 1. The predicted octanol–water partition coefficient (Wildman–Crippen LogP) is 2.08. The minimum Gasteiger partial charge on any atom is -0.494 e. The fourth-order valence-electron chi connectivity index (χ4n) is 2.12. The molecular weight excluding hydrogens is 306 g/mol. The number of benzene rings is 1. The Bertz CT molecular complexity index is 736. The van der Waals surface area contributed by atoms with E-state index in [1.807, 2.05) is 45.0 Å². The van der Waals surface area contributed by atoms with Gasteiger partial charge in [0.05, 0.1) is 18.6 Å². The molecule has 0 unspecified atom stereocenters. The molecule has 0 atom stereocenters. The van der Waals surface area contributed by atoms with E-state index < -0.39 is 0 Å². The smallest absolute Gasteiger partial charge is 0.254 e. The van der Waals surface area contributed by atoms with Crippen LogP contribution in [0.5, 0.6) is 5.75 Å². The number of ether oxygens (including phenoxy) is 1. The van der Waals surface area contributed by atoms with Crippen molar-refractivity contribution in [3.8, 4) is 17.0 Å². The number of nitrogens with one attached hydrogen (secondary N) is 1. The Labute approximate surface area is 141 Å². The van der Waals surface area contributed by atoms with Crippen LogP contribution in [0.1, 0.15) is 20.8 Å². The van der Waals surface area contributed by atoms with E-state index in [0.717, 1.165) is 11.3 Å². The highest BCUT2D eigenvalue weighted by Gasteiger charge is 2.07. The van der Waals surface area contributed by atoms with Gasteiger partial charge in [-0.05, 0) is 37.1 Å². The highest BCUT2D eigenvalue weighted by Crippen LogP contribution is 2.19. The summed E-state index contributed by atoms with van der Waals surface area (Å²) < 4.78 is 6.69. The second-order valence-electron chi connectivity index (χ2n) is 5.90. The summed E-state index contributed by atoms with van der Waals surface area (Å²) in [4.78, 5) is 28.3. The van der Waals surface area contributed by atoms with Crippen molar-refractivity contribution in [2.75, 3.05) is 13.2 Å². The maximum Gasteiger partial charge on any atom is 0.254 e. The molecule has 1 N–H and O–H groups in total. The Kier molecular flexibility index (Phi) is 6.12. The molecule has 0 spiro atoms. The summed E-state index contributed by atoms with van der Waals surface area (Å²) in [5.74, 6) is 0.948. The van der Waals surface area contributed by atoms with Gasteiger partial charge in [0.1, 0.15) is 12.3 Å². The summed E-state index contributed by atoms with van der Waals surface area (Å²) in [6, 6.07) is 8.82. The first-order chi connectivity index (χ1) is 11.5. The van der Waals surface area contributed by atoms with Crippen molar-refractivity contribution in [2.45, 2.75) is 27.3 Å². The normalized spacial score (nSPS) is 10.7. The van der Waals surface area contributed by atoms with Gasteiger partial charge in [0, 0.05) is 18.2 Å². The van der Waals surface area contributed by atoms with Gasteiger partial charge < -0.3 is 10.1 Å². The zero-order valence-corrected chi connectivity index (χ0v) is 14.3. The Balaban J connectivity index is 2.09. The summed E-state index contributed by atoms with van der Waals surface area (Å²) in [5.41, 5.74) is 1.14. The van der Waals surface area contributed by atoms with E-state index in [4.69, 9.17) is 4.74 Å². The van der Waals surface area contributed by atoms with Crippen molar-refractivity contribution in [1.82, 2.24) is 14.9 Å². The molecule has 1 aromatic carbocycles. The minimum absolute atomic E-state index is 0.0257. The van der Waals surface area contributed by atoms with Gasteiger partial charge in [0.25, 0.3) is 5.56 Å². The number of carbonyl (C=O) groups is 1. The lowest BCUT2D eigenvalue weighted by Gasteiger charge is -2.09. The lowest BCUT2D eigenvalue weighted by molar-refractivity contribution is -0.121. The number of hydrogen-bond acceptors (Lipinski definition) is 4. The van der Waals surface area contributed by atoms with Crippen LogP contribution >= 0.6 is 0 Å². The first kappa shape index (κ1) is 17.7. The molecule has 0 aliphatic heterocycles. The van der Waals surface area contributed by atoms with Gasteiger partial charge in [-0.3, -0.25) is 14.2 Å². The SMILES string of the molecule is CCOc1ccc(-c2cc(=O)n(CC(=O)NCC(C)C)cn2)cc1. The highest BCUT2D eigenvalue weighted by molar-refractivity contribution is 5.75. The van der Waals surface area contributed by atoms with Crippen LogP contribution in [0.2, 0.25) is 0 Å². The predicted molar refractivity (Wildman–Crippen MR) is 92.9 cm³/mol. The van der Waals surface area contributed by atoms with Gasteiger partial charge >= 0.3 is 0 Å². The van der Waals surface area contributed by atoms with E-state index in [1.54, 1.807) is 0 Å². The molecule has 6 heteroatoms. The largest absolute Gasteiger partial charge is 0.494 e. The van der Waals surface area contributed by atoms with Crippen molar-refractivity contribution >= 4 is 5.91 Å². The first-order valence-corrected chi connectivity index (χ1v) is 8.06. The minimum atomic E-state index is -0.256. The van der Waals surface area contributed by atoms with Crippen LogP contribution in [0.4, 0.5) is 0 Å². The van der Waals surface area contributed by atoms with Crippen LogP contribution in [0.3, 0.4) is 0 Å². The Morgan fingerprint density at radius 3 is 2.58 bits per heavy atom. The van der Waals surface area contributed by atoms with Gasteiger partial charge in [-0.25, -0.2) is 4.98 Å². The second-order valence-corrected chi connectivity index (χ2v) is 5.90. The molecule has 24 heavy (non-hydrogen) atoms. The molecule has 0 aliphatic carbocycles. The van der Waals surface area contributed by atoms with Gasteiger partial charge in [-0.15, -0.1) is 0 Å². The molecule has 2 rings (SSSR count). The van der Waals surface area contributed by atoms with E-state index >= 15 is 0 Å². The zero-order valence-electron chi connectivity index (χ0n) is 14.3. The number of nitrogens with zero attached hydrogens (tertiary/aromatic N) is 2. The van der Waals surface area contributed by atoms with Gasteiger partial charge in [0.2, 0.25) is 5.91 Å². The molecule has 0 aliphatic rings. The van der Waals surface area contributed by atoms with E-state index in [0.29, 0.717) is 24.8 Å². The lowest BCUT2D eigenvalue weighted by Crippen LogP contribution is -2.34. The van der Waals surface area contributed by atoms with Crippen LogP contribution in [0.15, 0.2) is 41.5 Å². The molecule has 1 amide bonds. The standard InChI is InChI=1S/C18H23N3O3/c1-4-24-15-7-5-14(6-8-15)16-9-18(23)21(12-20-16)11-17(22)19-10-13(2)3/h5-9,12-13H,4,10-11H2,1-3H3,(H,19,22). The van der Waals surface area contributed by atoms with Gasteiger partial charge in [-0.2, -0.15) is 0 Å². The number of rotatable bonds is 7. The summed E-state index contributed by atoms with van der Waals surface area (Å²) >= 11 is 0. The van der Waals surface area contributed by atoms with E-state index in [1.165, 1.54) is 17.0 Å². The molecule has 0 radical (unpaired) electrons. The van der Waals surface area contributed by atoms with Crippen LogP contribution in [0.25, 0.3) is 11.3 Å². The third kappa shape index (κ3) is 4.94. The lowest BCUT2D eigenvalue weighted by atomic mass is 10.1. The van der Waals surface area contributed by atoms with Crippen molar-refractivity contribution in [3.05, 3.63) is 47.0 Å². The van der Waals surface area contributed by atoms with Crippen molar-refractivity contribution in [3.63, 3.8) is 0 Å². The maximum absolute atomic E-state index is 12.2. The third-order valence-corrected chi connectivity index (χ3v) is 3.36. The first-order valence-electron chi connectivity index (χ1n) is 8.06. The molecule has 0 fully saturated rings. The number of amides is 1. The summed E-state index contributed by atoms with van der Waals surface area (Å²) in [5, 5.41) is 2.78. The third-order valence-electron chi connectivity index (χ3n) is 3.36. The van der Waals surface area contributed by atoms with E-state index in [9.17, 15) is 9.59 Å². The van der Waals surface area contributed by atoms with E-state index in [-0.39, 0.29) is 18.0 Å². The molecular formula is C18H23N3O3. The molecule has 128 valence electrons. The highest BCUT2D eigenvalue weighted by atomic mass is 16.5. The summed E-state index contributed by atoms with van der Waals surface area (Å²) in [7, 11) is 0. The number of aromatic nitrogens is 2. The maximum atomic E-state index is 12.2. The Hall–Kier alpha value is -2.63. The number of carbonyl (C=O) groups excluding carboxylic acids is 1. The van der Waals surface area contributed by atoms with E-state index in [2.05, 4.69) is 10.3 Å². The Morgan fingerprint density at radius 2 is 2.00 bits per heavy atom. The van der Waals surface area contributed by atoms with Crippen LogP contribution in [0, 0.1) is 5.92 Å². The Morgan fingerprint density at radius 1 is 1.29 bits per heavy atom. The monoisotopic (exact) mass is 329 g/mol. The quantitative estimate of drug-likeness (QED) is 0.844. The molecule has 1 heterocycles. The van der Waals surface area contributed by atoms with Crippen molar-refractivity contribution in [1.29, 1.82) is 0 Å². The topological polar surface area (TPSA) is 73.2 Å². The van der Waals surface area contributed by atoms with Gasteiger partial charge in [-0.1, -0.05) is 13.8 Å². The van der Waals surface area contributed by atoms with Crippen LogP contribution in [-0.4, -0.2) is 28.6 Å². The fraction of sp³-hybridized carbons (Fsp3) is 0.389. The zero-order chi connectivity index (χ0) is 17.5. The molecule has 1 aromatic heterocycles. The van der Waals surface area contributed by atoms with Crippen molar-refractivity contribution in [2.24, 2.45) is 5.92 Å². The molecule has 0 saturated carbocycles. The summed E-state index contributed by atoms with van der Waals surface area (Å²) in [6.07, 6.45) is 1.41.